The van der Waals surface area contributed by atoms with Crippen LogP contribution in [0, 0.1) is 17.3 Å². The quantitative estimate of drug-likeness (QED) is 0.409. The molecule has 1 aliphatic heterocycles. The first-order valence-corrected chi connectivity index (χ1v) is 14.0. The molecule has 1 aliphatic rings. The molecule has 1 heterocycles. The van der Waals surface area contributed by atoms with Gasteiger partial charge in [0.15, 0.2) is 0 Å². The maximum atomic E-state index is 11.1. The van der Waals surface area contributed by atoms with Gasteiger partial charge in [-0.2, -0.15) is 0 Å². The van der Waals surface area contributed by atoms with E-state index in [2.05, 4.69) is 100 Å². The van der Waals surface area contributed by atoms with Crippen LogP contribution < -0.4 is 0 Å². The van der Waals surface area contributed by atoms with Gasteiger partial charge in [-0.25, -0.2) is 0 Å². The molecule has 2 heteroatoms. The first-order valence-electron chi connectivity index (χ1n) is 14.0. The molecule has 2 atom stereocenters. The van der Waals surface area contributed by atoms with E-state index < -0.39 is 0 Å². The summed E-state index contributed by atoms with van der Waals surface area (Å²) in [6.45, 7) is 30.4. The monoisotopic (exact) mass is 471 g/mol. The zero-order valence-electron chi connectivity index (χ0n) is 24.9. The van der Waals surface area contributed by atoms with Crippen molar-refractivity contribution in [3.05, 3.63) is 28.8 Å². The fourth-order valence-corrected chi connectivity index (χ4v) is 5.96. The Labute approximate surface area is 212 Å². The summed E-state index contributed by atoms with van der Waals surface area (Å²) < 4.78 is 0. The first-order chi connectivity index (χ1) is 15.4. The number of phenolic OH excluding ortho intramolecular Hbond substituents is 1. The summed E-state index contributed by atoms with van der Waals surface area (Å²) in [5, 5.41) is 11.1. The predicted octanol–water partition coefficient (Wildman–Crippen LogP) is 8.87. The Kier molecular flexibility index (Phi) is 9.05. The van der Waals surface area contributed by atoms with Crippen molar-refractivity contribution in [1.82, 2.24) is 4.90 Å². The van der Waals surface area contributed by atoms with Crippen molar-refractivity contribution in [2.45, 2.75) is 138 Å². The van der Waals surface area contributed by atoms with E-state index in [4.69, 9.17) is 0 Å². The molecule has 2 unspecified atom stereocenters. The van der Waals surface area contributed by atoms with E-state index >= 15 is 0 Å². The van der Waals surface area contributed by atoms with Crippen LogP contribution in [-0.2, 0) is 17.3 Å². The number of piperidine rings is 1. The summed E-state index contributed by atoms with van der Waals surface area (Å²) in [5.41, 5.74) is 4.06. The molecule has 1 saturated heterocycles. The second-order valence-electron chi connectivity index (χ2n) is 14.7. The Morgan fingerprint density at radius 1 is 0.941 bits per heavy atom. The molecule has 1 aromatic rings. The normalized spacial score (nSPS) is 19.8. The van der Waals surface area contributed by atoms with Crippen LogP contribution in [0.1, 0.15) is 132 Å². The number of nitrogens with zero attached hydrogens (tertiary/aromatic N) is 1. The van der Waals surface area contributed by atoms with Gasteiger partial charge >= 0.3 is 0 Å². The van der Waals surface area contributed by atoms with Crippen LogP contribution in [0.2, 0.25) is 0 Å². The van der Waals surface area contributed by atoms with Crippen LogP contribution >= 0.6 is 0 Å². The Morgan fingerprint density at radius 2 is 1.47 bits per heavy atom. The van der Waals surface area contributed by atoms with Gasteiger partial charge in [0.2, 0.25) is 0 Å². The summed E-state index contributed by atoms with van der Waals surface area (Å²) >= 11 is 0. The number of hydrogen-bond donors (Lipinski definition) is 1. The zero-order chi connectivity index (χ0) is 26.1. The second-order valence-corrected chi connectivity index (χ2v) is 14.7. The van der Waals surface area contributed by atoms with E-state index in [-0.39, 0.29) is 10.8 Å². The van der Waals surface area contributed by atoms with Crippen LogP contribution in [0.3, 0.4) is 0 Å². The molecule has 1 fully saturated rings. The Hall–Kier alpha value is -1.02. The van der Waals surface area contributed by atoms with E-state index in [9.17, 15) is 5.11 Å². The van der Waals surface area contributed by atoms with E-state index in [1.54, 1.807) is 0 Å². The maximum absolute atomic E-state index is 11.1. The SMILES string of the molecule is CCC(Cc1cc(C(C)(C)C)c(O)c(C(C)(C)C)c1)C(C)C(C)(C)CCN1CCCCC1(C)C. The Bertz CT molecular complexity index is 770. The minimum Gasteiger partial charge on any atom is -0.507 e. The highest BCUT2D eigenvalue weighted by Crippen LogP contribution is 2.43. The van der Waals surface area contributed by atoms with Gasteiger partial charge in [0.1, 0.15) is 5.75 Å². The van der Waals surface area contributed by atoms with E-state index in [0.717, 1.165) is 17.5 Å². The van der Waals surface area contributed by atoms with Gasteiger partial charge < -0.3 is 5.11 Å². The number of hydrogen-bond acceptors (Lipinski definition) is 2. The molecule has 0 aliphatic carbocycles. The Balaban J connectivity index is 2.25. The molecule has 2 rings (SSSR count). The fourth-order valence-electron chi connectivity index (χ4n) is 5.96. The second kappa shape index (κ2) is 10.5. The fraction of sp³-hybridized carbons (Fsp3) is 0.812. The summed E-state index contributed by atoms with van der Waals surface area (Å²) in [7, 11) is 0. The van der Waals surface area contributed by atoms with Gasteiger partial charge in [-0.05, 0) is 97.4 Å². The number of phenols is 1. The van der Waals surface area contributed by atoms with E-state index in [0.29, 0.717) is 28.5 Å². The zero-order valence-corrected chi connectivity index (χ0v) is 24.9. The topological polar surface area (TPSA) is 23.5 Å². The lowest BCUT2D eigenvalue weighted by Crippen LogP contribution is -2.48. The van der Waals surface area contributed by atoms with Crippen molar-refractivity contribution in [2.24, 2.45) is 17.3 Å². The van der Waals surface area contributed by atoms with Gasteiger partial charge in [0.25, 0.3) is 0 Å². The van der Waals surface area contributed by atoms with Crippen LogP contribution in [0.5, 0.6) is 5.75 Å². The lowest BCUT2D eigenvalue weighted by atomic mass is 9.68. The average molecular weight is 472 g/mol. The van der Waals surface area contributed by atoms with Crippen LogP contribution in [0.15, 0.2) is 12.1 Å². The smallest absolute Gasteiger partial charge is 0.123 e. The van der Waals surface area contributed by atoms with Crippen LogP contribution in [-0.4, -0.2) is 28.6 Å². The number of benzene rings is 1. The van der Waals surface area contributed by atoms with Crippen molar-refractivity contribution in [3.8, 4) is 5.75 Å². The van der Waals surface area contributed by atoms with Gasteiger partial charge in [-0.15, -0.1) is 0 Å². The van der Waals surface area contributed by atoms with Gasteiger partial charge in [-0.1, -0.05) is 94.2 Å². The van der Waals surface area contributed by atoms with Crippen molar-refractivity contribution in [1.29, 1.82) is 0 Å². The highest BCUT2D eigenvalue weighted by molar-refractivity contribution is 5.50. The minimum absolute atomic E-state index is 0.0755. The highest BCUT2D eigenvalue weighted by Gasteiger charge is 2.35. The van der Waals surface area contributed by atoms with Gasteiger partial charge in [0.05, 0.1) is 0 Å². The molecule has 0 spiro atoms. The molecule has 196 valence electrons. The molecule has 0 bridgehead atoms. The number of likely N-dealkylation sites (tertiary alicyclic amines) is 1. The number of rotatable bonds is 8. The maximum Gasteiger partial charge on any atom is 0.123 e. The van der Waals surface area contributed by atoms with Crippen molar-refractivity contribution >= 4 is 0 Å². The molecular formula is C32H57NO. The molecular weight excluding hydrogens is 414 g/mol. The van der Waals surface area contributed by atoms with E-state index in [1.165, 1.54) is 50.8 Å². The molecule has 0 saturated carbocycles. The predicted molar refractivity (Wildman–Crippen MR) is 150 cm³/mol. The molecule has 0 amide bonds. The Morgan fingerprint density at radius 3 is 1.91 bits per heavy atom. The van der Waals surface area contributed by atoms with Crippen molar-refractivity contribution in [2.75, 3.05) is 13.1 Å². The third-order valence-corrected chi connectivity index (χ3v) is 9.10. The molecule has 1 aromatic carbocycles. The molecule has 1 N–H and O–H groups in total. The summed E-state index contributed by atoms with van der Waals surface area (Å²) in [6, 6.07) is 4.59. The standard InChI is InChI=1S/C32H57NO/c1-13-25(23(2)31(9,10)17-19-33-18-15-14-16-32(33,11)12)20-24-21-26(29(3,4)5)28(34)27(22-24)30(6,7)8/h21-23,25,34H,13-20H2,1-12H3. The summed E-state index contributed by atoms with van der Waals surface area (Å²) in [5.74, 6) is 1.76. The largest absolute Gasteiger partial charge is 0.507 e. The average Bonchev–Trinajstić information content (AvgIpc) is 2.69. The van der Waals surface area contributed by atoms with Crippen LogP contribution in [0.25, 0.3) is 0 Å². The lowest BCUT2D eigenvalue weighted by molar-refractivity contribution is 0.0470. The third-order valence-electron chi connectivity index (χ3n) is 9.10. The molecule has 2 nitrogen and oxygen atoms in total. The van der Waals surface area contributed by atoms with E-state index in [1.807, 2.05) is 0 Å². The van der Waals surface area contributed by atoms with Gasteiger partial charge in [0, 0.05) is 5.54 Å². The lowest BCUT2D eigenvalue weighted by Gasteiger charge is -2.45. The first kappa shape index (κ1) is 29.2. The summed E-state index contributed by atoms with van der Waals surface area (Å²) in [4.78, 5) is 2.75. The summed E-state index contributed by atoms with van der Waals surface area (Å²) in [6.07, 6.45) is 7.59. The third kappa shape index (κ3) is 7.02. The molecule has 0 aromatic heterocycles. The van der Waals surface area contributed by atoms with Crippen molar-refractivity contribution in [3.63, 3.8) is 0 Å². The highest BCUT2D eigenvalue weighted by atomic mass is 16.3. The molecule has 34 heavy (non-hydrogen) atoms. The number of aromatic hydroxyl groups is 1. The molecule has 0 radical (unpaired) electrons. The van der Waals surface area contributed by atoms with Crippen molar-refractivity contribution < 1.29 is 5.11 Å². The van der Waals surface area contributed by atoms with Crippen LogP contribution in [0.4, 0.5) is 0 Å². The van der Waals surface area contributed by atoms with Gasteiger partial charge in [-0.3, -0.25) is 4.90 Å². The minimum atomic E-state index is -0.0755.